The molecule has 72 valence electrons. The molecule has 0 heterocycles. The highest BCUT2D eigenvalue weighted by atomic mass is 16.5. The molecule has 0 saturated heterocycles. The highest BCUT2D eigenvalue weighted by Crippen LogP contribution is 2.25. The predicted octanol–water partition coefficient (Wildman–Crippen LogP) is 3.38. The fourth-order valence-electron chi connectivity index (χ4n) is 1.92. The highest BCUT2D eigenvalue weighted by molar-refractivity contribution is 4.70. The van der Waals surface area contributed by atoms with Gasteiger partial charge in [-0.15, -0.1) is 0 Å². The summed E-state index contributed by atoms with van der Waals surface area (Å²) in [5.41, 5.74) is 0. The molecule has 0 aromatic heterocycles. The normalized spacial score (nSPS) is 30.5. The summed E-state index contributed by atoms with van der Waals surface area (Å²) in [6, 6.07) is 0. The summed E-state index contributed by atoms with van der Waals surface area (Å²) in [6.07, 6.45) is 8.44. The number of hydrogen-bond acceptors (Lipinski definition) is 1. The number of rotatable bonds is 4. The number of ether oxygens (including phenoxy) is 1. The molecule has 0 aliphatic heterocycles. The molecule has 12 heavy (non-hydrogen) atoms. The van der Waals surface area contributed by atoms with Crippen molar-refractivity contribution in [3.8, 4) is 0 Å². The zero-order valence-corrected chi connectivity index (χ0v) is 8.51. The van der Waals surface area contributed by atoms with Gasteiger partial charge in [0.2, 0.25) is 0 Å². The van der Waals surface area contributed by atoms with Gasteiger partial charge in [-0.3, -0.25) is 0 Å². The standard InChI is InChI=1S/C11H22O/c1-3-4-8-12-11-7-5-6-10(2)9-11/h10-11H,3-9H2,1-2H3/t10-,11+/m1/s1. The fourth-order valence-corrected chi connectivity index (χ4v) is 1.92. The maximum absolute atomic E-state index is 5.79. The number of hydrogen-bond donors (Lipinski definition) is 0. The molecule has 0 unspecified atom stereocenters. The Morgan fingerprint density at radius 1 is 1.33 bits per heavy atom. The third-order valence-corrected chi connectivity index (χ3v) is 2.74. The minimum Gasteiger partial charge on any atom is -0.378 e. The van der Waals surface area contributed by atoms with Crippen molar-refractivity contribution in [2.24, 2.45) is 5.92 Å². The molecule has 0 aromatic carbocycles. The van der Waals surface area contributed by atoms with E-state index in [-0.39, 0.29) is 0 Å². The second kappa shape index (κ2) is 5.58. The lowest BCUT2D eigenvalue weighted by Crippen LogP contribution is -2.21. The van der Waals surface area contributed by atoms with E-state index in [1.54, 1.807) is 0 Å². The third kappa shape index (κ3) is 3.57. The summed E-state index contributed by atoms with van der Waals surface area (Å²) in [4.78, 5) is 0. The molecular weight excluding hydrogens is 148 g/mol. The largest absolute Gasteiger partial charge is 0.378 e. The van der Waals surface area contributed by atoms with Crippen molar-refractivity contribution in [1.29, 1.82) is 0 Å². The number of unbranched alkanes of at least 4 members (excludes halogenated alkanes) is 1. The lowest BCUT2D eigenvalue weighted by molar-refractivity contribution is 0.0143. The first-order chi connectivity index (χ1) is 5.83. The van der Waals surface area contributed by atoms with E-state index in [0.717, 1.165) is 12.5 Å². The molecule has 1 saturated carbocycles. The zero-order valence-electron chi connectivity index (χ0n) is 8.51. The Labute approximate surface area is 76.5 Å². The fraction of sp³-hybridized carbons (Fsp3) is 1.00. The molecule has 1 rings (SSSR count). The quantitative estimate of drug-likeness (QED) is 0.588. The van der Waals surface area contributed by atoms with Crippen LogP contribution in [-0.4, -0.2) is 12.7 Å². The first-order valence-corrected chi connectivity index (χ1v) is 5.44. The van der Waals surface area contributed by atoms with Gasteiger partial charge in [0.05, 0.1) is 6.10 Å². The van der Waals surface area contributed by atoms with Crippen molar-refractivity contribution in [3.63, 3.8) is 0 Å². The molecule has 1 nitrogen and oxygen atoms in total. The first kappa shape index (κ1) is 10.0. The maximum Gasteiger partial charge on any atom is 0.0577 e. The summed E-state index contributed by atoms with van der Waals surface area (Å²) in [7, 11) is 0. The van der Waals surface area contributed by atoms with Gasteiger partial charge in [0, 0.05) is 6.61 Å². The van der Waals surface area contributed by atoms with Crippen LogP contribution in [0.25, 0.3) is 0 Å². The topological polar surface area (TPSA) is 9.23 Å². The van der Waals surface area contributed by atoms with E-state index in [1.165, 1.54) is 38.5 Å². The molecule has 1 aliphatic rings. The molecular formula is C11H22O. The Hall–Kier alpha value is -0.0400. The Balaban J connectivity index is 2.06. The highest BCUT2D eigenvalue weighted by Gasteiger charge is 2.18. The maximum atomic E-state index is 5.79. The van der Waals surface area contributed by atoms with Crippen molar-refractivity contribution in [3.05, 3.63) is 0 Å². The molecule has 1 aliphatic carbocycles. The minimum absolute atomic E-state index is 0.584. The van der Waals surface area contributed by atoms with Crippen LogP contribution in [0, 0.1) is 5.92 Å². The summed E-state index contributed by atoms with van der Waals surface area (Å²) >= 11 is 0. The lowest BCUT2D eigenvalue weighted by Gasteiger charge is -2.26. The van der Waals surface area contributed by atoms with Crippen LogP contribution < -0.4 is 0 Å². The molecule has 1 heteroatoms. The summed E-state index contributed by atoms with van der Waals surface area (Å²) < 4.78 is 5.79. The Kier molecular flexibility index (Phi) is 4.67. The summed E-state index contributed by atoms with van der Waals surface area (Å²) in [6.45, 7) is 5.54. The van der Waals surface area contributed by atoms with Crippen LogP contribution in [0.2, 0.25) is 0 Å². The van der Waals surface area contributed by atoms with E-state index in [9.17, 15) is 0 Å². The van der Waals surface area contributed by atoms with Crippen molar-refractivity contribution in [2.75, 3.05) is 6.61 Å². The van der Waals surface area contributed by atoms with Crippen molar-refractivity contribution in [2.45, 2.75) is 58.5 Å². The molecule has 0 N–H and O–H groups in total. The SMILES string of the molecule is CCCCO[C@H]1CCC[C@@H](C)C1. The van der Waals surface area contributed by atoms with Gasteiger partial charge in [0.25, 0.3) is 0 Å². The van der Waals surface area contributed by atoms with Gasteiger partial charge in [0.1, 0.15) is 0 Å². The van der Waals surface area contributed by atoms with E-state index in [4.69, 9.17) is 4.74 Å². The lowest BCUT2D eigenvalue weighted by atomic mass is 9.89. The van der Waals surface area contributed by atoms with Gasteiger partial charge < -0.3 is 4.74 Å². The minimum atomic E-state index is 0.584. The molecule has 0 radical (unpaired) electrons. The molecule has 0 bridgehead atoms. The summed E-state index contributed by atoms with van der Waals surface area (Å²) in [5, 5.41) is 0. The van der Waals surface area contributed by atoms with E-state index in [0.29, 0.717) is 6.10 Å². The van der Waals surface area contributed by atoms with Gasteiger partial charge in [-0.05, 0) is 25.2 Å². The average Bonchev–Trinajstić information content (AvgIpc) is 2.05. The second-order valence-corrected chi connectivity index (χ2v) is 4.12. The van der Waals surface area contributed by atoms with Gasteiger partial charge >= 0.3 is 0 Å². The van der Waals surface area contributed by atoms with Crippen LogP contribution in [-0.2, 0) is 4.74 Å². The molecule has 2 atom stereocenters. The third-order valence-electron chi connectivity index (χ3n) is 2.74. The molecule has 0 amide bonds. The van der Waals surface area contributed by atoms with E-state index in [2.05, 4.69) is 13.8 Å². The molecule has 0 spiro atoms. The van der Waals surface area contributed by atoms with Crippen LogP contribution in [0.5, 0.6) is 0 Å². The Morgan fingerprint density at radius 3 is 2.83 bits per heavy atom. The second-order valence-electron chi connectivity index (χ2n) is 4.12. The van der Waals surface area contributed by atoms with Crippen LogP contribution in [0.15, 0.2) is 0 Å². The smallest absolute Gasteiger partial charge is 0.0577 e. The van der Waals surface area contributed by atoms with Crippen molar-refractivity contribution in [1.82, 2.24) is 0 Å². The van der Waals surface area contributed by atoms with Crippen LogP contribution in [0.4, 0.5) is 0 Å². The predicted molar refractivity (Wildman–Crippen MR) is 52.3 cm³/mol. The van der Waals surface area contributed by atoms with E-state index >= 15 is 0 Å². The van der Waals surface area contributed by atoms with E-state index in [1.807, 2.05) is 0 Å². The van der Waals surface area contributed by atoms with Gasteiger partial charge in [-0.25, -0.2) is 0 Å². The molecule has 1 fully saturated rings. The van der Waals surface area contributed by atoms with Gasteiger partial charge in [-0.2, -0.15) is 0 Å². The monoisotopic (exact) mass is 170 g/mol. The Morgan fingerprint density at radius 2 is 2.17 bits per heavy atom. The van der Waals surface area contributed by atoms with Crippen LogP contribution >= 0.6 is 0 Å². The van der Waals surface area contributed by atoms with Gasteiger partial charge in [0.15, 0.2) is 0 Å². The first-order valence-electron chi connectivity index (χ1n) is 5.44. The molecule has 0 aromatic rings. The van der Waals surface area contributed by atoms with Crippen molar-refractivity contribution >= 4 is 0 Å². The van der Waals surface area contributed by atoms with Crippen LogP contribution in [0.1, 0.15) is 52.4 Å². The van der Waals surface area contributed by atoms with Gasteiger partial charge in [-0.1, -0.05) is 33.1 Å². The average molecular weight is 170 g/mol. The zero-order chi connectivity index (χ0) is 8.81. The Bertz CT molecular complexity index is 112. The van der Waals surface area contributed by atoms with E-state index < -0.39 is 0 Å². The summed E-state index contributed by atoms with van der Waals surface area (Å²) in [5.74, 6) is 0.894. The van der Waals surface area contributed by atoms with Crippen molar-refractivity contribution < 1.29 is 4.74 Å². The van der Waals surface area contributed by atoms with Crippen LogP contribution in [0.3, 0.4) is 0 Å².